The van der Waals surface area contributed by atoms with Gasteiger partial charge in [-0.15, -0.1) is 0 Å². The quantitative estimate of drug-likeness (QED) is 0.435. The number of carbonyl (C=O) groups is 1. The minimum absolute atomic E-state index is 0.159. The maximum absolute atomic E-state index is 12.8. The number of thioether (sulfide) groups is 1. The number of thiocarbonyl (C=S) groups is 1. The maximum Gasteiger partial charge on any atom is 0.415 e. The van der Waals surface area contributed by atoms with E-state index in [1.165, 1.54) is 16.7 Å². The molecule has 12 heteroatoms. The van der Waals surface area contributed by atoms with Gasteiger partial charge in [0.05, 0.1) is 6.61 Å². The van der Waals surface area contributed by atoms with E-state index in [1.807, 2.05) is 60.7 Å². The Morgan fingerprint density at radius 2 is 1.92 bits per heavy atom. The van der Waals surface area contributed by atoms with Crippen molar-refractivity contribution in [2.45, 2.75) is 42.7 Å². The molecule has 0 N–H and O–H groups in total. The van der Waals surface area contributed by atoms with E-state index in [4.69, 9.17) is 40.9 Å². The van der Waals surface area contributed by atoms with Gasteiger partial charge in [-0.05, 0) is 17.8 Å². The summed E-state index contributed by atoms with van der Waals surface area (Å²) in [6, 6.07) is 18.7. The van der Waals surface area contributed by atoms with Gasteiger partial charge in [0.25, 0.3) is 5.17 Å². The standard InChI is InChI=1S/C27H26N4O6S2/c1-30(26(32)34-14-17-8-4-2-5-9-17)25-29-20-22(37-27(38)31-13-12-28-16-31)21-19(35-24(20)39-25)15-33-23(36-21)18-10-6-3-7-11-18/h2-13,16,19-24H,14-15H2,1H3/t19-,20-,21-,22-,23?,24-/m1/s1. The van der Waals surface area contributed by atoms with Crippen molar-refractivity contribution in [2.75, 3.05) is 13.7 Å². The molecule has 2 aromatic carbocycles. The Hall–Kier alpha value is -3.29. The fraction of sp³-hybridized carbons (Fsp3) is 0.333. The molecule has 4 heterocycles. The second kappa shape index (κ2) is 11.4. The number of hydrogen-bond acceptors (Lipinski definition) is 10. The summed E-state index contributed by atoms with van der Waals surface area (Å²) in [6.07, 6.45) is 2.26. The van der Waals surface area contributed by atoms with Gasteiger partial charge in [-0.25, -0.2) is 9.78 Å². The van der Waals surface area contributed by atoms with E-state index in [0.29, 0.717) is 11.8 Å². The molecule has 3 aliphatic rings. The summed E-state index contributed by atoms with van der Waals surface area (Å²) in [5.74, 6) is 0. The number of hydrogen-bond donors (Lipinski definition) is 0. The van der Waals surface area contributed by atoms with Crippen LogP contribution in [0.25, 0.3) is 0 Å². The van der Waals surface area contributed by atoms with Gasteiger partial charge in [-0.2, -0.15) is 0 Å². The molecule has 0 radical (unpaired) electrons. The maximum atomic E-state index is 12.8. The Morgan fingerprint density at radius 3 is 2.67 bits per heavy atom. The molecule has 0 spiro atoms. The lowest BCUT2D eigenvalue weighted by molar-refractivity contribution is -0.302. The van der Waals surface area contributed by atoms with E-state index >= 15 is 0 Å². The number of amides is 1. The second-order valence-electron chi connectivity index (χ2n) is 9.16. The molecule has 0 bridgehead atoms. The van der Waals surface area contributed by atoms with Crippen LogP contribution in [-0.4, -0.2) is 74.3 Å². The highest BCUT2D eigenvalue weighted by Crippen LogP contribution is 2.43. The number of aliphatic imine (C=N–C) groups is 1. The van der Waals surface area contributed by atoms with Gasteiger partial charge in [-0.1, -0.05) is 72.4 Å². The first-order chi connectivity index (χ1) is 19.1. The fourth-order valence-corrected chi connectivity index (χ4v) is 5.97. The van der Waals surface area contributed by atoms with Gasteiger partial charge in [-0.3, -0.25) is 14.5 Å². The molecule has 3 aromatic rings. The third kappa shape index (κ3) is 5.56. The van der Waals surface area contributed by atoms with Crippen molar-refractivity contribution in [1.82, 2.24) is 14.5 Å². The van der Waals surface area contributed by atoms with Crippen LogP contribution in [0.15, 0.2) is 84.4 Å². The lowest BCUT2D eigenvalue weighted by Gasteiger charge is -2.46. The van der Waals surface area contributed by atoms with Crippen molar-refractivity contribution in [3.8, 4) is 0 Å². The molecular formula is C27H26N4O6S2. The zero-order valence-electron chi connectivity index (χ0n) is 20.9. The summed E-state index contributed by atoms with van der Waals surface area (Å²) in [7, 11) is 1.63. The molecule has 2 fully saturated rings. The summed E-state index contributed by atoms with van der Waals surface area (Å²) < 4.78 is 32.2. The molecule has 2 saturated heterocycles. The zero-order chi connectivity index (χ0) is 26.8. The Bertz CT molecular complexity index is 1330. The highest BCUT2D eigenvalue weighted by Gasteiger charge is 2.55. The Morgan fingerprint density at radius 1 is 1.15 bits per heavy atom. The molecule has 6 rings (SSSR count). The normalized spacial score (nSPS) is 27.6. The highest BCUT2D eigenvalue weighted by atomic mass is 32.2. The SMILES string of the molecule is CN(C(=O)OCc1ccccc1)C1=N[C@@H]2[C@@H](OC(=S)n3ccnc3)[C@@H]3OC(c4ccccc4)OC[C@H]3O[C@@H]2S1. The van der Waals surface area contributed by atoms with Crippen LogP contribution >= 0.6 is 24.0 Å². The van der Waals surface area contributed by atoms with Crippen LogP contribution in [0.2, 0.25) is 0 Å². The van der Waals surface area contributed by atoms with Gasteiger partial charge >= 0.3 is 6.09 Å². The number of nitrogens with zero attached hydrogens (tertiary/aromatic N) is 4. The molecule has 10 nitrogen and oxygen atoms in total. The molecule has 0 saturated carbocycles. The predicted molar refractivity (Wildman–Crippen MR) is 147 cm³/mol. The van der Waals surface area contributed by atoms with Gasteiger partial charge in [0.15, 0.2) is 17.6 Å². The predicted octanol–water partition coefficient (Wildman–Crippen LogP) is 3.98. The Balaban J connectivity index is 1.22. The van der Waals surface area contributed by atoms with E-state index < -0.39 is 42.2 Å². The van der Waals surface area contributed by atoms with Crippen LogP contribution in [-0.2, 0) is 30.3 Å². The number of fused-ring (bicyclic) bond motifs is 2. The minimum Gasteiger partial charge on any atom is -0.462 e. The Kier molecular flexibility index (Phi) is 7.62. The first kappa shape index (κ1) is 26.0. The third-order valence-electron chi connectivity index (χ3n) is 6.58. The molecule has 3 aliphatic heterocycles. The van der Waals surface area contributed by atoms with Gasteiger partial charge in [0, 0.05) is 25.0 Å². The van der Waals surface area contributed by atoms with Gasteiger partial charge in [0.2, 0.25) is 0 Å². The van der Waals surface area contributed by atoms with Crippen LogP contribution in [0.1, 0.15) is 17.4 Å². The van der Waals surface area contributed by atoms with Crippen molar-refractivity contribution in [1.29, 1.82) is 0 Å². The molecule has 0 aliphatic carbocycles. The van der Waals surface area contributed by atoms with Crippen LogP contribution in [0, 0.1) is 0 Å². The molecular weight excluding hydrogens is 540 g/mol. The molecule has 1 amide bonds. The fourth-order valence-electron chi connectivity index (χ4n) is 4.57. The van der Waals surface area contributed by atoms with Crippen LogP contribution in [0.4, 0.5) is 4.79 Å². The molecule has 1 aromatic heterocycles. The first-order valence-electron chi connectivity index (χ1n) is 12.4. The van der Waals surface area contributed by atoms with E-state index in [-0.39, 0.29) is 11.8 Å². The van der Waals surface area contributed by atoms with Crippen molar-refractivity contribution in [2.24, 2.45) is 4.99 Å². The molecule has 6 atom stereocenters. The average molecular weight is 567 g/mol. The highest BCUT2D eigenvalue weighted by molar-refractivity contribution is 8.14. The summed E-state index contributed by atoms with van der Waals surface area (Å²) in [5, 5.41) is 0.678. The third-order valence-corrected chi connectivity index (χ3v) is 8.10. The number of ether oxygens (including phenoxy) is 5. The van der Waals surface area contributed by atoms with Crippen molar-refractivity contribution >= 4 is 40.4 Å². The second-order valence-corrected chi connectivity index (χ2v) is 10.6. The zero-order valence-corrected chi connectivity index (χ0v) is 22.6. The number of imidazole rings is 1. The molecule has 202 valence electrons. The topological polar surface area (TPSA) is 96.6 Å². The average Bonchev–Trinajstić information content (AvgIpc) is 3.67. The lowest BCUT2D eigenvalue weighted by Crippen LogP contribution is -2.61. The van der Waals surface area contributed by atoms with E-state index in [9.17, 15) is 4.79 Å². The summed E-state index contributed by atoms with van der Waals surface area (Å²) in [6.45, 7) is 0.461. The van der Waals surface area contributed by atoms with E-state index in [1.54, 1.807) is 30.3 Å². The van der Waals surface area contributed by atoms with Gasteiger partial charge < -0.3 is 23.7 Å². The summed E-state index contributed by atoms with van der Waals surface area (Å²) in [5.41, 5.74) is 1.36. The van der Waals surface area contributed by atoms with E-state index in [2.05, 4.69) is 4.98 Å². The smallest absolute Gasteiger partial charge is 0.415 e. The molecule has 1 unspecified atom stereocenters. The van der Waals surface area contributed by atoms with Crippen LogP contribution in [0.5, 0.6) is 0 Å². The summed E-state index contributed by atoms with van der Waals surface area (Å²) in [4.78, 5) is 23.1. The van der Waals surface area contributed by atoms with Crippen molar-refractivity contribution in [3.63, 3.8) is 0 Å². The lowest BCUT2D eigenvalue weighted by atomic mass is 9.97. The minimum atomic E-state index is -0.600. The first-order valence-corrected chi connectivity index (χ1v) is 13.7. The van der Waals surface area contributed by atoms with Crippen molar-refractivity contribution in [3.05, 3.63) is 90.5 Å². The number of aromatic nitrogens is 2. The number of carbonyl (C=O) groups excluding carboxylic acids is 1. The van der Waals surface area contributed by atoms with Crippen molar-refractivity contribution < 1.29 is 28.5 Å². The monoisotopic (exact) mass is 566 g/mol. The van der Waals surface area contributed by atoms with E-state index in [0.717, 1.165) is 11.1 Å². The summed E-state index contributed by atoms with van der Waals surface area (Å²) >= 11 is 6.90. The molecule has 39 heavy (non-hydrogen) atoms. The number of rotatable bonds is 4. The number of benzene rings is 2. The van der Waals surface area contributed by atoms with Crippen LogP contribution < -0.4 is 0 Å². The van der Waals surface area contributed by atoms with Gasteiger partial charge in [0.1, 0.15) is 36.6 Å². The largest absolute Gasteiger partial charge is 0.462 e. The number of amidine groups is 1. The van der Waals surface area contributed by atoms with Crippen LogP contribution in [0.3, 0.4) is 0 Å². The Labute approximate surface area is 234 Å².